The molecule has 1 saturated heterocycles. The number of hydrogen-bond donors (Lipinski definition) is 3. The Morgan fingerprint density at radius 2 is 2.11 bits per heavy atom. The Labute approximate surface area is 162 Å². The molecular formula is C19H27F3N6. The molecule has 1 aliphatic heterocycles. The summed E-state index contributed by atoms with van der Waals surface area (Å²) in [4.78, 5) is 11.3. The van der Waals surface area contributed by atoms with E-state index in [0.717, 1.165) is 31.7 Å². The fourth-order valence-electron chi connectivity index (χ4n) is 3.61. The van der Waals surface area contributed by atoms with Crippen molar-refractivity contribution in [2.75, 3.05) is 24.5 Å². The molecule has 0 saturated carbocycles. The number of allylic oxidation sites excluding steroid dienone is 1. The van der Waals surface area contributed by atoms with Gasteiger partial charge in [-0.2, -0.15) is 13.2 Å². The third-order valence-corrected chi connectivity index (χ3v) is 5.20. The first-order valence-corrected chi connectivity index (χ1v) is 9.54. The molecule has 0 spiro atoms. The van der Waals surface area contributed by atoms with E-state index in [9.17, 15) is 13.2 Å². The van der Waals surface area contributed by atoms with Gasteiger partial charge in [-0.25, -0.2) is 9.97 Å². The van der Waals surface area contributed by atoms with Crippen LogP contribution in [0.4, 0.5) is 19.0 Å². The predicted octanol–water partition coefficient (Wildman–Crippen LogP) is 2.12. The van der Waals surface area contributed by atoms with Gasteiger partial charge in [0.1, 0.15) is 5.82 Å². The summed E-state index contributed by atoms with van der Waals surface area (Å²) in [5, 5.41) is 3.32. The van der Waals surface area contributed by atoms with Gasteiger partial charge in [-0.3, -0.25) is 0 Å². The molecule has 1 aliphatic carbocycles. The van der Waals surface area contributed by atoms with Gasteiger partial charge in [0.25, 0.3) is 0 Å². The fourth-order valence-corrected chi connectivity index (χ4v) is 3.61. The van der Waals surface area contributed by atoms with E-state index in [1.807, 2.05) is 13.0 Å². The molecule has 5 N–H and O–H groups in total. The van der Waals surface area contributed by atoms with Crippen molar-refractivity contribution in [3.63, 3.8) is 0 Å². The van der Waals surface area contributed by atoms with Gasteiger partial charge in [-0.05, 0) is 19.4 Å². The van der Waals surface area contributed by atoms with Crippen LogP contribution in [0.3, 0.4) is 0 Å². The molecule has 154 valence electrons. The minimum absolute atomic E-state index is 0.199. The summed E-state index contributed by atoms with van der Waals surface area (Å²) in [6.45, 7) is 6.50. The van der Waals surface area contributed by atoms with E-state index in [1.165, 1.54) is 12.2 Å². The van der Waals surface area contributed by atoms with Crippen LogP contribution in [-0.2, 0) is 12.0 Å². The van der Waals surface area contributed by atoms with E-state index in [2.05, 4.69) is 27.1 Å². The fraction of sp³-hybridized carbons (Fsp3) is 0.579. The quantitative estimate of drug-likeness (QED) is 0.722. The number of nitrogens with two attached hydrogens (primary N) is 2. The number of hydrogen-bond acceptors (Lipinski definition) is 6. The smallest absolute Gasteiger partial charge is 0.399 e. The first-order valence-electron chi connectivity index (χ1n) is 9.54. The van der Waals surface area contributed by atoms with Gasteiger partial charge < -0.3 is 21.7 Å². The summed E-state index contributed by atoms with van der Waals surface area (Å²) in [7, 11) is 0. The Morgan fingerprint density at radius 3 is 2.75 bits per heavy atom. The van der Waals surface area contributed by atoms with Crippen LogP contribution in [0.5, 0.6) is 0 Å². The number of nitrogens with zero attached hydrogens (tertiary/aromatic N) is 3. The molecule has 1 aromatic rings. The van der Waals surface area contributed by atoms with Gasteiger partial charge in [-0.15, -0.1) is 0 Å². The van der Waals surface area contributed by atoms with Crippen molar-refractivity contribution in [2.24, 2.45) is 11.5 Å². The van der Waals surface area contributed by atoms with E-state index < -0.39 is 23.7 Å². The molecule has 2 unspecified atom stereocenters. The van der Waals surface area contributed by atoms with Gasteiger partial charge in [0, 0.05) is 49.6 Å². The van der Waals surface area contributed by atoms with E-state index in [4.69, 9.17) is 11.5 Å². The second-order valence-electron chi connectivity index (χ2n) is 7.52. The SMILES string of the molecule is CCCc1cc(N2CCNCC2C)nc(C2(N)C=CC(N)=C(C(F)(F)F)C2)n1. The molecule has 9 heteroatoms. The van der Waals surface area contributed by atoms with Crippen molar-refractivity contribution in [1.29, 1.82) is 0 Å². The number of halogens is 3. The lowest BCUT2D eigenvalue weighted by molar-refractivity contribution is -0.0964. The minimum Gasteiger partial charge on any atom is -0.399 e. The Kier molecular flexibility index (Phi) is 5.67. The summed E-state index contributed by atoms with van der Waals surface area (Å²) < 4.78 is 40.2. The summed E-state index contributed by atoms with van der Waals surface area (Å²) in [5.74, 6) is 0.904. The van der Waals surface area contributed by atoms with Crippen molar-refractivity contribution < 1.29 is 13.2 Å². The highest BCUT2D eigenvalue weighted by Gasteiger charge is 2.43. The summed E-state index contributed by atoms with van der Waals surface area (Å²) in [5.41, 5.74) is 10.1. The van der Waals surface area contributed by atoms with Crippen LogP contribution in [0, 0.1) is 0 Å². The third kappa shape index (κ3) is 4.15. The van der Waals surface area contributed by atoms with E-state index in [1.54, 1.807) is 0 Å². The van der Waals surface area contributed by atoms with Gasteiger partial charge in [-0.1, -0.05) is 19.4 Å². The molecule has 0 radical (unpaired) electrons. The molecular weight excluding hydrogens is 369 g/mol. The number of nitrogens with one attached hydrogen (secondary N) is 1. The van der Waals surface area contributed by atoms with Crippen molar-refractivity contribution in [3.8, 4) is 0 Å². The molecule has 28 heavy (non-hydrogen) atoms. The molecule has 0 amide bonds. The Bertz CT molecular complexity index is 788. The van der Waals surface area contributed by atoms with Crippen LogP contribution in [0.1, 0.15) is 38.2 Å². The Hall–Kier alpha value is -2.13. The predicted molar refractivity (Wildman–Crippen MR) is 103 cm³/mol. The number of anilines is 1. The second-order valence-corrected chi connectivity index (χ2v) is 7.52. The molecule has 2 heterocycles. The lowest BCUT2D eigenvalue weighted by atomic mass is 9.85. The zero-order valence-electron chi connectivity index (χ0n) is 16.2. The Morgan fingerprint density at radius 1 is 1.36 bits per heavy atom. The van der Waals surface area contributed by atoms with Gasteiger partial charge in [0.2, 0.25) is 0 Å². The summed E-state index contributed by atoms with van der Waals surface area (Å²) >= 11 is 0. The number of piperazine rings is 1. The first-order chi connectivity index (χ1) is 13.1. The molecule has 2 aliphatic rings. The summed E-state index contributed by atoms with van der Waals surface area (Å²) in [6.07, 6.45) is -0.766. The topological polar surface area (TPSA) is 93.1 Å². The molecule has 2 atom stereocenters. The highest BCUT2D eigenvalue weighted by atomic mass is 19.4. The Balaban J connectivity index is 2.02. The van der Waals surface area contributed by atoms with Gasteiger partial charge >= 0.3 is 6.18 Å². The van der Waals surface area contributed by atoms with Crippen LogP contribution in [0.2, 0.25) is 0 Å². The average Bonchev–Trinajstić information content (AvgIpc) is 2.63. The molecule has 1 fully saturated rings. The number of aromatic nitrogens is 2. The molecule has 1 aromatic heterocycles. The molecule has 3 rings (SSSR count). The van der Waals surface area contributed by atoms with Gasteiger partial charge in [0.15, 0.2) is 5.82 Å². The van der Waals surface area contributed by atoms with Crippen LogP contribution in [0.25, 0.3) is 0 Å². The maximum atomic E-state index is 13.4. The first kappa shape index (κ1) is 20.6. The highest BCUT2D eigenvalue weighted by molar-refractivity contribution is 5.45. The standard InChI is InChI=1S/C19H27F3N6/c1-3-4-13-9-16(28-8-7-25-11-12(28)2)27-17(26-13)18(24)6-5-15(23)14(10-18)19(20,21)22/h5-6,9,12,25H,3-4,7-8,10-11,23-24H2,1-2H3. The largest absolute Gasteiger partial charge is 0.414 e. The van der Waals surface area contributed by atoms with E-state index in [-0.39, 0.29) is 17.6 Å². The molecule has 0 aromatic carbocycles. The van der Waals surface area contributed by atoms with Crippen LogP contribution < -0.4 is 21.7 Å². The lowest BCUT2D eigenvalue weighted by Gasteiger charge is -2.36. The third-order valence-electron chi connectivity index (χ3n) is 5.20. The maximum absolute atomic E-state index is 13.4. The zero-order chi connectivity index (χ0) is 20.5. The zero-order valence-corrected chi connectivity index (χ0v) is 16.2. The van der Waals surface area contributed by atoms with Crippen molar-refractivity contribution in [1.82, 2.24) is 15.3 Å². The maximum Gasteiger partial charge on any atom is 0.414 e. The molecule has 0 bridgehead atoms. The average molecular weight is 396 g/mol. The van der Waals surface area contributed by atoms with Crippen LogP contribution in [0.15, 0.2) is 29.5 Å². The monoisotopic (exact) mass is 396 g/mol. The van der Waals surface area contributed by atoms with E-state index in [0.29, 0.717) is 12.2 Å². The van der Waals surface area contributed by atoms with Crippen molar-refractivity contribution in [3.05, 3.63) is 41.0 Å². The lowest BCUT2D eigenvalue weighted by Crippen LogP contribution is -2.50. The minimum atomic E-state index is -4.55. The van der Waals surface area contributed by atoms with Crippen LogP contribution >= 0.6 is 0 Å². The summed E-state index contributed by atoms with van der Waals surface area (Å²) in [6, 6.07) is 2.13. The number of alkyl halides is 3. The molecule has 6 nitrogen and oxygen atoms in total. The highest BCUT2D eigenvalue weighted by Crippen LogP contribution is 2.39. The second kappa shape index (κ2) is 7.71. The normalized spacial score (nSPS) is 26.1. The number of rotatable bonds is 4. The van der Waals surface area contributed by atoms with Crippen molar-refractivity contribution >= 4 is 5.82 Å². The van der Waals surface area contributed by atoms with Crippen LogP contribution in [-0.4, -0.2) is 41.8 Å². The van der Waals surface area contributed by atoms with E-state index >= 15 is 0 Å². The number of aryl methyl sites for hydroxylation is 1. The van der Waals surface area contributed by atoms with Gasteiger partial charge in [0.05, 0.1) is 11.1 Å². The van der Waals surface area contributed by atoms with Crippen molar-refractivity contribution in [2.45, 2.75) is 50.9 Å².